The Kier molecular flexibility index (Phi) is 4.61. The van der Waals surface area contributed by atoms with Crippen LogP contribution in [0.3, 0.4) is 0 Å². The first-order valence-corrected chi connectivity index (χ1v) is 8.72. The van der Waals surface area contributed by atoms with Crippen LogP contribution in [-0.4, -0.2) is 23.5 Å². The molecule has 0 aliphatic carbocycles. The highest BCUT2D eigenvalue weighted by atomic mass is 35.5. The molecular weight excluding hydrogens is 356 g/mol. The normalized spacial score (nSPS) is 10.7. The number of thiazole rings is 1. The lowest BCUT2D eigenvalue weighted by molar-refractivity contribution is 0.0526. The molecule has 1 amide bonds. The zero-order chi connectivity index (χ0) is 16.4. The summed E-state index contributed by atoms with van der Waals surface area (Å²) in [6.45, 7) is 2.08. The highest BCUT2D eigenvalue weighted by Crippen LogP contribution is 2.28. The molecule has 2 heterocycles. The Labute approximate surface area is 144 Å². The van der Waals surface area contributed by atoms with Crippen LogP contribution in [0.2, 0.25) is 4.34 Å². The molecule has 0 aliphatic rings. The molecule has 3 aromatic rings. The number of aromatic nitrogens is 1. The molecule has 3 rings (SSSR count). The third kappa shape index (κ3) is 3.52. The Morgan fingerprint density at radius 2 is 2.09 bits per heavy atom. The topological polar surface area (TPSA) is 68.3 Å². The Balaban J connectivity index is 1.82. The molecule has 2 aromatic heterocycles. The number of thiophene rings is 1. The van der Waals surface area contributed by atoms with E-state index in [9.17, 15) is 9.59 Å². The van der Waals surface area contributed by atoms with Crippen LogP contribution in [0.4, 0.5) is 5.13 Å². The van der Waals surface area contributed by atoms with E-state index in [0.29, 0.717) is 32.0 Å². The van der Waals surface area contributed by atoms with Crippen LogP contribution in [0.25, 0.3) is 10.2 Å². The van der Waals surface area contributed by atoms with E-state index in [2.05, 4.69) is 10.3 Å². The maximum absolute atomic E-state index is 12.1. The Morgan fingerprint density at radius 3 is 2.78 bits per heavy atom. The molecule has 0 aliphatic heterocycles. The Hall–Kier alpha value is -1.96. The number of nitrogens with zero attached hydrogens (tertiary/aromatic N) is 1. The average molecular weight is 367 g/mol. The molecule has 0 fully saturated rings. The number of hydrogen-bond donors (Lipinski definition) is 1. The van der Waals surface area contributed by atoms with Crippen LogP contribution in [0.1, 0.15) is 27.0 Å². The average Bonchev–Trinajstić information content (AvgIpc) is 3.12. The van der Waals surface area contributed by atoms with Gasteiger partial charge in [-0.25, -0.2) is 9.78 Å². The van der Waals surface area contributed by atoms with E-state index < -0.39 is 0 Å². The minimum absolute atomic E-state index is 0.258. The van der Waals surface area contributed by atoms with Gasteiger partial charge >= 0.3 is 5.97 Å². The molecule has 0 saturated heterocycles. The number of benzene rings is 1. The first-order chi connectivity index (χ1) is 11.1. The van der Waals surface area contributed by atoms with Crippen LogP contribution >= 0.6 is 34.3 Å². The lowest BCUT2D eigenvalue weighted by Crippen LogP contribution is -2.09. The molecule has 5 nitrogen and oxygen atoms in total. The van der Waals surface area contributed by atoms with Crippen molar-refractivity contribution < 1.29 is 14.3 Å². The number of carbonyl (C=O) groups is 2. The van der Waals surface area contributed by atoms with Gasteiger partial charge in [-0.2, -0.15) is 0 Å². The SMILES string of the molecule is CCOC(=O)c1ccc2nc(NC(=O)c3ccc(Cl)s3)sc2c1. The molecule has 0 atom stereocenters. The molecule has 23 heavy (non-hydrogen) atoms. The number of esters is 1. The third-order valence-corrected chi connectivity index (χ3v) is 5.08. The van der Waals surface area contributed by atoms with Crippen LogP contribution < -0.4 is 5.32 Å². The summed E-state index contributed by atoms with van der Waals surface area (Å²) in [6.07, 6.45) is 0. The number of hydrogen-bond acceptors (Lipinski definition) is 6. The van der Waals surface area contributed by atoms with Gasteiger partial charge in [0.15, 0.2) is 5.13 Å². The van der Waals surface area contributed by atoms with E-state index >= 15 is 0 Å². The van der Waals surface area contributed by atoms with Gasteiger partial charge in [0.1, 0.15) is 0 Å². The second-order valence-corrected chi connectivity index (χ2v) is 7.23. The third-order valence-electron chi connectivity index (χ3n) is 2.92. The van der Waals surface area contributed by atoms with Crippen LogP contribution in [-0.2, 0) is 4.74 Å². The van der Waals surface area contributed by atoms with Gasteiger partial charge in [-0.3, -0.25) is 10.1 Å². The van der Waals surface area contributed by atoms with Gasteiger partial charge in [0.05, 0.1) is 31.6 Å². The number of halogens is 1. The number of anilines is 1. The molecule has 0 saturated carbocycles. The first kappa shape index (κ1) is 15.9. The number of carbonyl (C=O) groups excluding carboxylic acids is 2. The standard InChI is InChI=1S/C15H11ClN2O3S2/c1-2-21-14(20)8-3-4-9-11(7-8)23-15(17-9)18-13(19)10-5-6-12(16)22-10/h3-7H,2H2,1H3,(H,17,18,19). The van der Waals surface area contributed by atoms with Gasteiger partial charge in [-0.15, -0.1) is 11.3 Å². The largest absolute Gasteiger partial charge is 0.462 e. The monoisotopic (exact) mass is 366 g/mol. The first-order valence-electron chi connectivity index (χ1n) is 6.71. The summed E-state index contributed by atoms with van der Waals surface area (Å²) in [6, 6.07) is 8.43. The van der Waals surface area contributed by atoms with E-state index in [0.717, 1.165) is 4.70 Å². The number of ether oxygens (including phenoxy) is 1. The van der Waals surface area contributed by atoms with Gasteiger partial charge < -0.3 is 4.74 Å². The second kappa shape index (κ2) is 6.66. The van der Waals surface area contributed by atoms with Gasteiger partial charge in [-0.1, -0.05) is 22.9 Å². The lowest BCUT2D eigenvalue weighted by atomic mass is 10.2. The number of amides is 1. The predicted molar refractivity (Wildman–Crippen MR) is 92.9 cm³/mol. The van der Waals surface area contributed by atoms with Gasteiger partial charge in [0.2, 0.25) is 0 Å². The van der Waals surface area contributed by atoms with Crippen molar-refractivity contribution in [2.24, 2.45) is 0 Å². The summed E-state index contributed by atoms with van der Waals surface area (Å²) in [5.41, 5.74) is 1.17. The molecule has 0 radical (unpaired) electrons. The quantitative estimate of drug-likeness (QED) is 0.693. The summed E-state index contributed by atoms with van der Waals surface area (Å²) >= 11 is 8.33. The van der Waals surface area contributed by atoms with Crippen molar-refractivity contribution in [3.63, 3.8) is 0 Å². The van der Waals surface area contributed by atoms with Gasteiger partial charge in [0.25, 0.3) is 5.91 Å². The molecule has 1 N–H and O–H groups in total. The summed E-state index contributed by atoms with van der Waals surface area (Å²) in [4.78, 5) is 28.7. The van der Waals surface area contributed by atoms with Gasteiger partial charge in [-0.05, 0) is 37.3 Å². The maximum Gasteiger partial charge on any atom is 0.338 e. The smallest absolute Gasteiger partial charge is 0.338 e. The summed E-state index contributed by atoms with van der Waals surface area (Å²) < 4.78 is 6.33. The Morgan fingerprint density at radius 1 is 1.26 bits per heavy atom. The summed E-state index contributed by atoms with van der Waals surface area (Å²) in [5.74, 6) is -0.631. The summed E-state index contributed by atoms with van der Waals surface area (Å²) in [5, 5.41) is 3.21. The fraction of sp³-hybridized carbons (Fsp3) is 0.133. The molecule has 0 spiro atoms. The van der Waals surface area contributed by atoms with E-state index in [4.69, 9.17) is 16.3 Å². The van der Waals surface area contributed by atoms with E-state index in [1.54, 1.807) is 37.3 Å². The van der Waals surface area contributed by atoms with E-state index in [-0.39, 0.29) is 11.9 Å². The van der Waals surface area contributed by atoms with Crippen molar-refractivity contribution in [2.75, 3.05) is 11.9 Å². The molecule has 8 heteroatoms. The number of nitrogens with one attached hydrogen (secondary N) is 1. The van der Waals surface area contributed by atoms with Crippen molar-refractivity contribution in [3.8, 4) is 0 Å². The maximum atomic E-state index is 12.1. The van der Waals surface area contributed by atoms with Crippen LogP contribution in [0.5, 0.6) is 0 Å². The fourth-order valence-corrected chi connectivity index (χ4v) is 3.75. The lowest BCUT2D eigenvalue weighted by Gasteiger charge is -2.00. The van der Waals surface area contributed by atoms with Crippen LogP contribution in [0, 0.1) is 0 Å². The minimum Gasteiger partial charge on any atom is -0.462 e. The number of fused-ring (bicyclic) bond motifs is 1. The van der Waals surface area contributed by atoms with Crippen molar-refractivity contribution in [1.29, 1.82) is 0 Å². The highest BCUT2D eigenvalue weighted by Gasteiger charge is 2.13. The van der Waals surface area contributed by atoms with E-state index in [1.807, 2.05) is 0 Å². The fourth-order valence-electron chi connectivity index (χ4n) is 1.91. The summed E-state index contributed by atoms with van der Waals surface area (Å²) in [7, 11) is 0. The van der Waals surface area contributed by atoms with Crippen molar-refractivity contribution >= 4 is 61.5 Å². The van der Waals surface area contributed by atoms with Gasteiger partial charge in [0, 0.05) is 0 Å². The van der Waals surface area contributed by atoms with E-state index in [1.165, 1.54) is 22.7 Å². The predicted octanol–water partition coefficient (Wildman–Crippen LogP) is 4.44. The second-order valence-electron chi connectivity index (χ2n) is 4.48. The van der Waals surface area contributed by atoms with Crippen molar-refractivity contribution in [3.05, 3.63) is 45.1 Å². The zero-order valence-electron chi connectivity index (χ0n) is 12.0. The Bertz CT molecular complexity index is 888. The van der Waals surface area contributed by atoms with Crippen molar-refractivity contribution in [1.82, 2.24) is 4.98 Å². The highest BCUT2D eigenvalue weighted by molar-refractivity contribution is 7.22. The zero-order valence-corrected chi connectivity index (χ0v) is 14.3. The minimum atomic E-state index is -0.374. The van der Waals surface area contributed by atoms with Crippen molar-refractivity contribution in [2.45, 2.75) is 6.92 Å². The molecular formula is C15H11ClN2O3S2. The molecule has 118 valence electrons. The molecule has 0 bridgehead atoms. The van der Waals surface area contributed by atoms with Crippen LogP contribution in [0.15, 0.2) is 30.3 Å². The molecule has 1 aromatic carbocycles. The number of rotatable bonds is 4. The molecule has 0 unspecified atom stereocenters.